The van der Waals surface area contributed by atoms with Crippen LogP contribution in [-0.4, -0.2) is 16.2 Å². The van der Waals surface area contributed by atoms with E-state index in [0.717, 1.165) is 0 Å². The summed E-state index contributed by atoms with van der Waals surface area (Å²) in [6, 6.07) is 13.2. The summed E-state index contributed by atoms with van der Waals surface area (Å²) in [6.07, 6.45) is -1.32. The number of aromatic hydroxyl groups is 1. The molecule has 0 aliphatic carbocycles. The first-order valence-corrected chi connectivity index (χ1v) is 7.78. The molecule has 0 saturated heterocycles. The second-order valence-electron chi connectivity index (χ2n) is 5.93. The van der Waals surface area contributed by atoms with Crippen LogP contribution in [0, 0.1) is 5.92 Å². The number of carbonyl (C=O) groups is 1. The van der Waals surface area contributed by atoms with Gasteiger partial charge in [0.15, 0.2) is 0 Å². The number of rotatable bonds is 2. The van der Waals surface area contributed by atoms with Crippen molar-refractivity contribution in [3.8, 4) is 11.5 Å². The highest BCUT2D eigenvalue weighted by molar-refractivity contribution is 5.84. The maximum absolute atomic E-state index is 12.3. The van der Waals surface area contributed by atoms with Gasteiger partial charge in [0, 0.05) is 5.56 Å². The lowest BCUT2D eigenvalue weighted by Crippen LogP contribution is -2.34. The van der Waals surface area contributed by atoms with Crippen LogP contribution >= 0.6 is 0 Å². The summed E-state index contributed by atoms with van der Waals surface area (Å²) < 4.78 is 10.4. The number of aliphatic hydroxyl groups is 1. The smallest absolute Gasteiger partial charge is 0.343 e. The number of ether oxygens (including phenoxy) is 1. The minimum Gasteiger partial charge on any atom is -0.507 e. The predicted molar refractivity (Wildman–Crippen MR) is 88.4 cm³/mol. The highest BCUT2D eigenvalue weighted by atomic mass is 16.5. The molecule has 3 aromatic rings. The first kappa shape index (κ1) is 15.4. The SMILES string of the molecule is O=C1Oc2ccccc2[C@H](O)[C@H]1Cc1c(O)c2ccccc2oc1=O. The minimum atomic E-state index is -1.14. The van der Waals surface area contributed by atoms with Crippen LogP contribution in [0.3, 0.4) is 0 Å². The lowest BCUT2D eigenvalue weighted by atomic mass is 9.87. The zero-order valence-electron chi connectivity index (χ0n) is 13.0. The van der Waals surface area contributed by atoms with Crippen molar-refractivity contribution in [2.75, 3.05) is 0 Å². The zero-order valence-corrected chi connectivity index (χ0v) is 13.0. The molecule has 2 heterocycles. The standard InChI is InChI=1S/C19H14O6/c20-16-10-5-1-3-7-14(10)24-18(22)12(16)9-13-17(21)11-6-2-4-8-15(11)25-19(13)23/h1-8,12,16,20-21H,9H2/t12-,16+/m1/s1. The van der Waals surface area contributed by atoms with Gasteiger partial charge in [0.2, 0.25) is 0 Å². The van der Waals surface area contributed by atoms with E-state index in [-0.39, 0.29) is 23.3 Å². The van der Waals surface area contributed by atoms with Crippen molar-refractivity contribution >= 4 is 16.9 Å². The first-order valence-electron chi connectivity index (χ1n) is 7.78. The van der Waals surface area contributed by atoms with Crippen molar-refractivity contribution in [1.29, 1.82) is 0 Å². The highest BCUT2D eigenvalue weighted by Gasteiger charge is 2.38. The summed E-state index contributed by atoms with van der Waals surface area (Å²) in [5.41, 5.74) is -0.0724. The Labute approximate surface area is 141 Å². The van der Waals surface area contributed by atoms with Crippen molar-refractivity contribution in [1.82, 2.24) is 0 Å². The molecule has 2 atom stereocenters. The molecule has 1 aliphatic heterocycles. The summed E-state index contributed by atoms with van der Waals surface area (Å²) in [5.74, 6) is -1.61. The number of hydrogen-bond donors (Lipinski definition) is 2. The van der Waals surface area contributed by atoms with Gasteiger partial charge in [-0.3, -0.25) is 4.79 Å². The first-order chi connectivity index (χ1) is 12.1. The second kappa shape index (κ2) is 5.75. The third-order valence-corrected chi connectivity index (χ3v) is 4.43. The van der Waals surface area contributed by atoms with Crippen LogP contribution in [-0.2, 0) is 11.2 Å². The summed E-state index contributed by atoms with van der Waals surface area (Å²) in [6.45, 7) is 0. The molecule has 1 aromatic heterocycles. The Morgan fingerprint density at radius 3 is 2.56 bits per heavy atom. The van der Waals surface area contributed by atoms with Gasteiger partial charge in [0.25, 0.3) is 0 Å². The van der Waals surface area contributed by atoms with Gasteiger partial charge >= 0.3 is 11.6 Å². The normalized spacial score (nSPS) is 19.5. The lowest BCUT2D eigenvalue weighted by molar-refractivity contribution is -0.145. The van der Waals surface area contributed by atoms with E-state index in [2.05, 4.69) is 0 Å². The van der Waals surface area contributed by atoms with E-state index in [1.165, 1.54) is 0 Å². The molecule has 2 aromatic carbocycles. The number of hydrogen-bond acceptors (Lipinski definition) is 6. The third kappa shape index (κ3) is 2.47. The van der Waals surface area contributed by atoms with Gasteiger partial charge < -0.3 is 19.4 Å². The number of para-hydroxylation sites is 2. The Balaban J connectivity index is 1.77. The maximum atomic E-state index is 12.3. The molecule has 6 heteroatoms. The average Bonchev–Trinajstić information content (AvgIpc) is 2.61. The number of fused-ring (bicyclic) bond motifs is 2. The van der Waals surface area contributed by atoms with Gasteiger partial charge in [-0.2, -0.15) is 0 Å². The molecule has 6 nitrogen and oxygen atoms in total. The molecule has 4 rings (SSSR count). The van der Waals surface area contributed by atoms with Crippen LogP contribution in [0.25, 0.3) is 11.0 Å². The molecule has 25 heavy (non-hydrogen) atoms. The Morgan fingerprint density at radius 1 is 1.00 bits per heavy atom. The van der Waals surface area contributed by atoms with Crippen LogP contribution in [0.5, 0.6) is 11.5 Å². The van der Waals surface area contributed by atoms with E-state index < -0.39 is 23.6 Å². The largest absolute Gasteiger partial charge is 0.507 e. The Morgan fingerprint density at radius 2 is 1.72 bits per heavy atom. The average molecular weight is 338 g/mol. The molecule has 126 valence electrons. The molecule has 0 amide bonds. The van der Waals surface area contributed by atoms with E-state index >= 15 is 0 Å². The fourth-order valence-electron chi connectivity index (χ4n) is 3.11. The summed E-state index contributed by atoms with van der Waals surface area (Å²) >= 11 is 0. The maximum Gasteiger partial charge on any atom is 0.343 e. The van der Waals surface area contributed by atoms with E-state index in [4.69, 9.17) is 9.15 Å². The monoisotopic (exact) mass is 338 g/mol. The van der Waals surface area contributed by atoms with Gasteiger partial charge in [0.1, 0.15) is 17.1 Å². The van der Waals surface area contributed by atoms with Gasteiger partial charge in [-0.1, -0.05) is 30.3 Å². The fourth-order valence-corrected chi connectivity index (χ4v) is 3.11. The number of benzene rings is 2. The topological polar surface area (TPSA) is 97.0 Å². The summed E-state index contributed by atoms with van der Waals surface area (Å²) in [5, 5.41) is 21.3. The zero-order chi connectivity index (χ0) is 17.6. The van der Waals surface area contributed by atoms with Crippen LogP contribution in [0.15, 0.2) is 57.7 Å². The van der Waals surface area contributed by atoms with Crippen LogP contribution in [0.2, 0.25) is 0 Å². The lowest BCUT2D eigenvalue weighted by Gasteiger charge is -2.28. The van der Waals surface area contributed by atoms with Crippen molar-refractivity contribution in [3.63, 3.8) is 0 Å². The third-order valence-electron chi connectivity index (χ3n) is 4.43. The van der Waals surface area contributed by atoms with E-state index in [1.54, 1.807) is 48.5 Å². The van der Waals surface area contributed by atoms with Crippen LogP contribution in [0.4, 0.5) is 0 Å². The molecule has 0 fully saturated rings. The van der Waals surface area contributed by atoms with Crippen LogP contribution < -0.4 is 10.4 Å². The molecule has 0 unspecified atom stereocenters. The molecular weight excluding hydrogens is 324 g/mol. The van der Waals surface area contributed by atoms with E-state index in [1.807, 2.05) is 0 Å². The van der Waals surface area contributed by atoms with Crippen molar-refractivity contribution in [3.05, 3.63) is 70.1 Å². The predicted octanol–water partition coefficient (Wildman–Crippen LogP) is 2.31. The molecule has 0 radical (unpaired) electrons. The van der Waals surface area contributed by atoms with E-state index in [0.29, 0.717) is 16.7 Å². The van der Waals surface area contributed by atoms with Crippen LogP contribution in [0.1, 0.15) is 17.2 Å². The minimum absolute atomic E-state index is 0.0564. The molecule has 1 aliphatic rings. The van der Waals surface area contributed by atoms with Gasteiger partial charge in [-0.25, -0.2) is 4.79 Å². The van der Waals surface area contributed by atoms with Gasteiger partial charge in [-0.15, -0.1) is 0 Å². The summed E-state index contributed by atoms with van der Waals surface area (Å²) in [7, 11) is 0. The Kier molecular flexibility index (Phi) is 3.54. The number of esters is 1. The number of aliphatic hydroxyl groups excluding tert-OH is 1. The molecule has 0 saturated carbocycles. The van der Waals surface area contributed by atoms with Gasteiger partial charge in [-0.05, 0) is 24.6 Å². The Hall–Kier alpha value is -3.12. The quantitative estimate of drug-likeness (QED) is 0.423. The Bertz CT molecular complexity index is 1040. The van der Waals surface area contributed by atoms with Gasteiger partial charge in [0.05, 0.1) is 23.0 Å². The molecular formula is C19H14O6. The summed E-state index contributed by atoms with van der Waals surface area (Å²) in [4.78, 5) is 24.5. The molecule has 2 N–H and O–H groups in total. The molecule has 0 spiro atoms. The van der Waals surface area contributed by atoms with E-state index in [9.17, 15) is 19.8 Å². The van der Waals surface area contributed by atoms with Crippen molar-refractivity contribution < 1.29 is 24.2 Å². The van der Waals surface area contributed by atoms with Crippen molar-refractivity contribution in [2.24, 2.45) is 5.92 Å². The van der Waals surface area contributed by atoms with Crippen molar-refractivity contribution in [2.45, 2.75) is 12.5 Å². The number of carbonyl (C=O) groups excluding carboxylic acids is 1. The second-order valence-corrected chi connectivity index (χ2v) is 5.93. The highest BCUT2D eigenvalue weighted by Crippen LogP contribution is 2.38. The molecule has 0 bridgehead atoms. The fraction of sp³-hybridized carbons (Fsp3) is 0.158.